The SMILES string of the molecule is Cc1ccc(CC(=O)Nc2cc(C)nn2[C@H]2CCS(=O)(=O)C2)cc1. The second kappa shape index (κ2) is 6.39. The summed E-state index contributed by atoms with van der Waals surface area (Å²) in [5.41, 5.74) is 2.84. The van der Waals surface area contributed by atoms with Gasteiger partial charge in [0.1, 0.15) is 5.82 Å². The van der Waals surface area contributed by atoms with Gasteiger partial charge in [-0.15, -0.1) is 0 Å². The van der Waals surface area contributed by atoms with Gasteiger partial charge < -0.3 is 5.32 Å². The van der Waals surface area contributed by atoms with E-state index in [1.807, 2.05) is 38.1 Å². The van der Waals surface area contributed by atoms with Gasteiger partial charge in [-0.2, -0.15) is 5.10 Å². The molecule has 0 radical (unpaired) electrons. The summed E-state index contributed by atoms with van der Waals surface area (Å²) < 4.78 is 25.0. The van der Waals surface area contributed by atoms with Crippen LogP contribution in [0.4, 0.5) is 5.82 Å². The monoisotopic (exact) mass is 347 g/mol. The summed E-state index contributed by atoms with van der Waals surface area (Å²) in [4.78, 5) is 12.3. The van der Waals surface area contributed by atoms with E-state index in [0.29, 0.717) is 12.2 Å². The minimum absolute atomic E-state index is 0.0783. The van der Waals surface area contributed by atoms with Gasteiger partial charge in [-0.05, 0) is 25.8 Å². The molecule has 1 saturated heterocycles. The van der Waals surface area contributed by atoms with E-state index >= 15 is 0 Å². The number of nitrogens with zero attached hydrogens (tertiary/aromatic N) is 2. The van der Waals surface area contributed by atoms with Crippen molar-refractivity contribution in [2.24, 2.45) is 0 Å². The molecular formula is C17H21N3O3S. The highest BCUT2D eigenvalue weighted by Gasteiger charge is 2.31. The third-order valence-corrected chi connectivity index (χ3v) is 5.92. The summed E-state index contributed by atoms with van der Waals surface area (Å²) >= 11 is 0. The summed E-state index contributed by atoms with van der Waals surface area (Å²) in [5, 5.41) is 7.23. The van der Waals surface area contributed by atoms with Crippen molar-refractivity contribution in [3.63, 3.8) is 0 Å². The van der Waals surface area contributed by atoms with Crippen LogP contribution in [0.15, 0.2) is 30.3 Å². The van der Waals surface area contributed by atoms with E-state index < -0.39 is 9.84 Å². The zero-order chi connectivity index (χ0) is 17.3. The van der Waals surface area contributed by atoms with Gasteiger partial charge in [-0.1, -0.05) is 29.8 Å². The summed E-state index contributed by atoms with van der Waals surface area (Å²) in [5.74, 6) is 0.676. The first-order valence-corrected chi connectivity index (χ1v) is 9.76. The first kappa shape index (κ1) is 16.7. The molecule has 24 heavy (non-hydrogen) atoms. The van der Waals surface area contributed by atoms with Gasteiger partial charge in [0.15, 0.2) is 9.84 Å². The normalized spacial score (nSPS) is 19.3. The Morgan fingerprint density at radius 2 is 2.00 bits per heavy atom. The van der Waals surface area contributed by atoms with Crippen molar-refractivity contribution in [2.75, 3.05) is 16.8 Å². The number of anilines is 1. The van der Waals surface area contributed by atoms with Crippen LogP contribution in [0.2, 0.25) is 0 Å². The van der Waals surface area contributed by atoms with Crippen molar-refractivity contribution in [3.05, 3.63) is 47.2 Å². The van der Waals surface area contributed by atoms with E-state index in [4.69, 9.17) is 0 Å². The number of aryl methyl sites for hydroxylation is 2. The molecule has 0 saturated carbocycles. The second-order valence-corrected chi connectivity index (χ2v) is 8.61. The van der Waals surface area contributed by atoms with Crippen LogP contribution in [-0.2, 0) is 21.1 Å². The molecule has 3 rings (SSSR count). The maximum absolute atomic E-state index is 12.3. The number of rotatable bonds is 4. The van der Waals surface area contributed by atoms with Crippen LogP contribution < -0.4 is 5.32 Å². The van der Waals surface area contributed by atoms with E-state index in [-0.39, 0.29) is 29.9 Å². The summed E-state index contributed by atoms with van der Waals surface area (Å²) in [6.07, 6.45) is 0.803. The Hall–Kier alpha value is -2.15. The zero-order valence-electron chi connectivity index (χ0n) is 13.8. The fourth-order valence-electron chi connectivity index (χ4n) is 2.94. The number of nitrogens with one attached hydrogen (secondary N) is 1. The molecule has 6 nitrogen and oxygen atoms in total. The quantitative estimate of drug-likeness (QED) is 0.918. The highest BCUT2D eigenvalue weighted by Crippen LogP contribution is 2.27. The Labute approximate surface area is 141 Å². The number of amides is 1. The predicted octanol–water partition coefficient (Wildman–Crippen LogP) is 2.04. The van der Waals surface area contributed by atoms with Crippen LogP contribution >= 0.6 is 0 Å². The molecule has 7 heteroatoms. The van der Waals surface area contributed by atoms with Crippen molar-refractivity contribution in [1.82, 2.24) is 9.78 Å². The molecule has 1 aromatic carbocycles. The standard InChI is InChI=1S/C17H21N3O3S/c1-12-3-5-14(6-4-12)10-17(21)18-16-9-13(2)19-20(16)15-7-8-24(22,23)11-15/h3-6,9,15H,7-8,10-11H2,1-2H3,(H,18,21)/t15-/m0/s1. The molecule has 2 aromatic rings. The highest BCUT2D eigenvalue weighted by atomic mass is 32.2. The molecule has 1 atom stereocenters. The molecule has 1 amide bonds. The Morgan fingerprint density at radius 3 is 2.62 bits per heavy atom. The Morgan fingerprint density at radius 1 is 1.29 bits per heavy atom. The average molecular weight is 347 g/mol. The van der Waals surface area contributed by atoms with Crippen LogP contribution in [0.25, 0.3) is 0 Å². The molecule has 0 spiro atoms. The first-order chi connectivity index (χ1) is 11.3. The number of benzene rings is 1. The van der Waals surface area contributed by atoms with Crippen LogP contribution in [-0.4, -0.2) is 35.6 Å². The molecular weight excluding hydrogens is 326 g/mol. The minimum atomic E-state index is -3.01. The zero-order valence-corrected chi connectivity index (χ0v) is 14.6. The summed E-state index contributed by atoms with van der Waals surface area (Å²) in [6, 6.07) is 9.37. The number of hydrogen-bond donors (Lipinski definition) is 1. The number of carbonyl (C=O) groups excluding carboxylic acids is 1. The molecule has 0 aliphatic carbocycles. The fourth-order valence-corrected chi connectivity index (χ4v) is 4.63. The Balaban J connectivity index is 1.73. The molecule has 0 unspecified atom stereocenters. The summed E-state index contributed by atoms with van der Waals surface area (Å²) in [6.45, 7) is 3.83. The third-order valence-electron chi connectivity index (χ3n) is 4.16. The first-order valence-electron chi connectivity index (χ1n) is 7.94. The highest BCUT2D eigenvalue weighted by molar-refractivity contribution is 7.91. The largest absolute Gasteiger partial charge is 0.311 e. The summed E-state index contributed by atoms with van der Waals surface area (Å²) in [7, 11) is -3.01. The van der Waals surface area contributed by atoms with E-state index in [1.54, 1.807) is 10.7 Å². The Kier molecular flexibility index (Phi) is 4.45. The van der Waals surface area contributed by atoms with Crippen molar-refractivity contribution < 1.29 is 13.2 Å². The number of aromatic nitrogens is 2. The van der Waals surface area contributed by atoms with Gasteiger partial charge in [-0.25, -0.2) is 13.1 Å². The van der Waals surface area contributed by atoms with Crippen LogP contribution in [0, 0.1) is 13.8 Å². The van der Waals surface area contributed by atoms with Crippen LogP contribution in [0.1, 0.15) is 29.3 Å². The lowest BCUT2D eigenvalue weighted by Gasteiger charge is -2.13. The van der Waals surface area contributed by atoms with Crippen LogP contribution in [0.3, 0.4) is 0 Å². The van der Waals surface area contributed by atoms with Gasteiger partial charge in [0.25, 0.3) is 0 Å². The van der Waals surface area contributed by atoms with E-state index in [1.165, 1.54) is 0 Å². The van der Waals surface area contributed by atoms with E-state index in [9.17, 15) is 13.2 Å². The molecule has 128 valence electrons. The molecule has 1 aliphatic rings. The third kappa shape index (κ3) is 3.84. The van der Waals surface area contributed by atoms with E-state index in [0.717, 1.165) is 16.8 Å². The maximum atomic E-state index is 12.3. The number of hydrogen-bond acceptors (Lipinski definition) is 4. The number of sulfone groups is 1. The predicted molar refractivity (Wildman–Crippen MR) is 92.8 cm³/mol. The fraction of sp³-hybridized carbons (Fsp3) is 0.412. The van der Waals surface area contributed by atoms with Crippen molar-refractivity contribution >= 4 is 21.6 Å². The van der Waals surface area contributed by atoms with Crippen molar-refractivity contribution in [3.8, 4) is 0 Å². The van der Waals surface area contributed by atoms with Gasteiger partial charge in [0.2, 0.25) is 5.91 Å². The lowest BCUT2D eigenvalue weighted by Crippen LogP contribution is -2.20. The van der Waals surface area contributed by atoms with Gasteiger partial charge in [-0.3, -0.25) is 4.79 Å². The second-order valence-electron chi connectivity index (χ2n) is 6.38. The molecule has 1 N–H and O–H groups in total. The lowest BCUT2D eigenvalue weighted by atomic mass is 10.1. The van der Waals surface area contributed by atoms with E-state index in [2.05, 4.69) is 10.4 Å². The van der Waals surface area contributed by atoms with Crippen molar-refractivity contribution in [2.45, 2.75) is 32.7 Å². The molecule has 2 heterocycles. The number of carbonyl (C=O) groups is 1. The van der Waals surface area contributed by atoms with Gasteiger partial charge >= 0.3 is 0 Å². The van der Waals surface area contributed by atoms with Gasteiger partial charge in [0.05, 0.1) is 29.7 Å². The maximum Gasteiger partial charge on any atom is 0.229 e. The average Bonchev–Trinajstić information content (AvgIpc) is 3.03. The lowest BCUT2D eigenvalue weighted by molar-refractivity contribution is -0.115. The minimum Gasteiger partial charge on any atom is -0.311 e. The van der Waals surface area contributed by atoms with Crippen molar-refractivity contribution in [1.29, 1.82) is 0 Å². The topological polar surface area (TPSA) is 81.1 Å². The smallest absolute Gasteiger partial charge is 0.229 e. The van der Waals surface area contributed by atoms with Crippen LogP contribution in [0.5, 0.6) is 0 Å². The Bertz CT molecular complexity index is 854. The molecule has 1 aliphatic heterocycles. The molecule has 1 aromatic heterocycles. The molecule has 0 bridgehead atoms. The van der Waals surface area contributed by atoms with Gasteiger partial charge in [0, 0.05) is 6.07 Å². The molecule has 1 fully saturated rings.